The Labute approximate surface area is 121 Å². The van der Waals surface area contributed by atoms with Crippen LogP contribution < -0.4 is 10.5 Å². The van der Waals surface area contributed by atoms with E-state index in [1.807, 2.05) is 18.2 Å². The summed E-state index contributed by atoms with van der Waals surface area (Å²) in [6.07, 6.45) is 7.19. The van der Waals surface area contributed by atoms with Crippen molar-refractivity contribution in [3.63, 3.8) is 0 Å². The highest BCUT2D eigenvalue weighted by molar-refractivity contribution is 5.36. The summed E-state index contributed by atoms with van der Waals surface area (Å²) in [4.78, 5) is 0. The monoisotopic (exact) mass is 275 g/mol. The SMILES string of the molecule is COc1ccccc1C(N)C1CCOC2(CCCC2)C1. The number of methoxy groups -OCH3 is 1. The van der Waals surface area contributed by atoms with E-state index in [0.717, 1.165) is 30.8 Å². The van der Waals surface area contributed by atoms with Gasteiger partial charge >= 0.3 is 0 Å². The van der Waals surface area contributed by atoms with E-state index in [2.05, 4.69) is 6.07 Å². The van der Waals surface area contributed by atoms with Crippen LogP contribution in [-0.4, -0.2) is 19.3 Å². The zero-order valence-electron chi connectivity index (χ0n) is 12.3. The first-order valence-corrected chi connectivity index (χ1v) is 7.77. The summed E-state index contributed by atoms with van der Waals surface area (Å²) in [6, 6.07) is 8.19. The quantitative estimate of drug-likeness (QED) is 0.919. The summed E-state index contributed by atoms with van der Waals surface area (Å²) in [5, 5.41) is 0. The molecule has 1 heterocycles. The van der Waals surface area contributed by atoms with Gasteiger partial charge in [-0.25, -0.2) is 0 Å². The van der Waals surface area contributed by atoms with Crippen LogP contribution in [0.2, 0.25) is 0 Å². The lowest BCUT2D eigenvalue weighted by Gasteiger charge is -2.40. The van der Waals surface area contributed by atoms with Gasteiger partial charge < -0.3 is 15.2 Å². The van der Waals surface area contributed by atoms with Crippen LogP contribution in [0.5, 0.6) is 5.75 Å². The topological polar surface area (TPSA) is 44.5 Å². The van der Waals surface area contributed by atoms with Gasteiger partial charge in [0.2, 0.25) is 0 Å². The minimum Gasteiger partial charge on any atom is -0.496 e. The Balaban J connectivity index is 1.77. The molecule has 1 aromatic carbocycles. The molecule has 20 heavy (non-hydrogen) atoms. The molecule has 2 N–H and O–H groups in total. The van der Waals surface area contributed by atoms with Gasteiger partial charge in [-0.3, -0.25) is 0 Å². The Morgan fingerprint density at radius 3 is 2.80 bits per heavy atom. The van der Waals surface area contributed by atoms with E-state index in [1.165, 1.54) is 25.7 Å². The van der Waals surface area contributed by atoms with Gasteiger partial charge in [-0.2, -0.15) is 0 Å². The Morgan fingerprint density at radius 2 is 2.05 bits per heavy atom. The number of nitrogens with two attached hydrogens (primary N) is 1. The lowest BCUT2D eigenvalue weighted by Crippen LogP contribution is -2.40. The second kappa shape index (κ2) is 5.74. The second-order valence-electron chi connectivity index (χ2n) is 6.26. The number of rotatable bonds is 3. The van der Waals surface area contributed by atoms with Crippen LogP contribution >= 0.6 is 0 Å². The van der Waals surface area contributed by atoms with Crippen molar-refractivity contribution >= 4 is 0 Å². The van der Waals surface area contributed by atoms with Crippen LogP contribution in [0.4, 0.5) is 0 Å². The van der Waals surface area contributed by atoms with E-state index in [9.17, 15) is 0 Å². The summed E-state index contributed by atoms with van der Waals surface area (Å²) in [5.41, 5.74) is 7.82. The van der Waals surface area contributed by atoms with Crippen LogP contribution in [0, 0.1) is 5.92 Å². The highest BCUT2D eigenvalue weighted by Crippen LogP contribution is 2.45. The van der Waals surface area contributed by atoms with Crippen molar-refractivity contribution in [2.45, 2.75) is 50.2 Å². The molecule has 2 atom stereocenters. The van der Waals surface area contributed by atoms with E-state index in [-0.39, 0.29) is 11.6 Å². The molecule has 3 rings (SSSR count). The Kier molecular flexibility index (Phi) is 3.99. The van der Waals surface area contributed by atoms with E-state index in [0.29, 0.717) is 5.92 Å². The second-order valence-corrected chi connectivity index (χ2v) is 6.26. The molecule has 0 radical (unpaired) electrons. The molecule has 0 aromatic heterocycles. The lowest BCUT2D eigenvalue weighted by atomic mass is 9.79. The molecule has 1 aliphatic heterocycles. The van der Waals surface area contributed by atoms with Gasteiger partial charge in [-0.05, 0) is 37.7 Å². The smallest absolute Gasteiger partial charge is 0.123 e. The third-order valence-corrected chi connectivity index (χ3v) is 5.05. The van der Waals surface area contributed by atoms with Crippen LogP contribution in [0.3, 0.4) is 0 Å². The fourth-order valence-electron chi connectivity index (χ4n) is 3.94. The Bertz CT molecular complexity index is 454. The molecule has 1 saturated heterocycles. The minimum absolute atomic E-state index is 0.0486. The summed E-state index contributed by atoms with van der Waals surface area (Å²) in [7, 11) is 1.72. The van der Waals surface area contributed by atoms with Gasteiger partial charge in [0.1, 0.15) is 5.75 Å². The molecule has 1 saturated carbocycles. The summed E-state index contributed by atoms with van der Waals surface area (Å²) in [6.45, 7) is 0.855. The highest BCUT2D eigenvalue weighted by Gasteiger charge is 2.41. The van der Waals surface area contributed by atoms with Crippen LogP contribution in [-0.2, 0) is 4.74 Å². The van der Waals surface area contributed by atoms with Gasteiger partial charge in [-0.1, -0.05) is 31.0 Å². The zero-order chi connectivity index (χ0) is 14.0. The molecule has 2 aliphatic rings. The van der Waals surface area contributed by atoms with Crippen LogP contribution in [0.25, 0.3) is 0 Å². The molecule has 0 amide bonds. The number of para-hydroxylation sites is 1. The van der Waals surface area contributed by atoms with Crippen molar-refractivity contribution < 1.29 is 9.47 Å². The zero-order valence-corrected chi connectivity index (χ0v) is 12.3. The molecule has 3 nitrogen and oxygen atoms in total. The molecule has 1 aliphatic carbocycles. The van der Waals surface area contributed by atoms with Crippen molar-refractivity contribution in [1.29, 1.82) is 0 Å². The molecule has 1 spiro atoms. The summed E-state index contributed by atoms with van der Waals surface area (Å²) in [5.74, 6) is 1.41. The van der Waals surface area contributed by atoms with Crippen molar-refractivity contribution in [2.75, 3.05) is 13.7 Å². The van der Waals surface area contributed by atoms with Gasteiger partial charge in [-0.15, -0.1) is 0 Å². The Hall–Kier alpha value is -1.06. The number of benzene rings is 1. The maximum Gasteiger partial charge on any atom is 0.123 e. The first-order valence-electron chi connectivity index (χ1n) is 7.77. The lowest BCUT2D eigenvalue weighted by molar-refractivity contribution is -0.0964. The first kappa shape index (κ1) is 13.9. The summed E-state index contributed by atoms with van der Waals surface area (Å²) >= 11 is 0. The van der Waals surface area contributed by atoms with Crippen molar-refractivity contribution in [3.05, 3.63) is 29.8 Å². The van der Waals surface area contributed by atoms with Gasteiger partial charge in [0.25, 0.3) is 0 Å². The van der Waals surface area contributed by atoms with E-state index < -0.39 is 0 Å². The standard InChI is InChI=1S/C17H25NO2/c1-19-15-7-3-2-6-14(15)16(18)13-8-11-20-17(12-13)9-4-5-10-17/h2-3,6-7,13,16H,4-5,8-12,18H2,1H3. The van der Waals surface area contributed by atoms with Crippen molar-refractivity contribution in [3.8, 4) is 5.75 Å². The molecule has 110 valence electrons. The van der Waals surface area contributed by atoms with E-state index in [1.54, 1.807) is 7.11 Å². The van der Waals surface area contributed by atoms with E-state index >= 15 is 0 Å². The average molecular weight is 275 g/mol. The molecule has 1 aromatic rings. The maximum absolute atomic E-state index is 6.56. The van der Waals surface area contributed by atoms with Gasteiger partial charge in [0.15, 0.2) is 0 Å². The molecule has 2 unspecified atom stereocenters. The molecular weight excluding hydrogens is 250 g/mol. The average Bonchev–Trinajstić information content (AvgIpc) is 2.94. The third-order valence-electron chi connectivity index (χ3n) is 5.05. The molecule has 3 heteroatoms. The fourth-order valence-corrected chi connectivity index (χ4v) is 3.94. The van der Waals surface area contributed by atoms with Gasteiger partial charge in [0.05, 0.1) is 12.7 Å². The van der Waals surface area contributed by atoms with Gasteiger partial charge in [0, 0.05) is 18.2 Å². The first-order chi connectivity index (χ1) is 9.74. The molecular formula is C17H25NO2. The number of hydrogen-bond donors (Lipinski definition) is 1. The van der Waals surface area contributed by atoms with Crippen molar-refractivity contribution in [2.24, 2.45) is 11.7 Å². The number of ether oxygens (including phenoxy) is 2. The third kappa shape index (κ3) is 2.57. The predicted octanol–water partition coefficient (Wildman–Crippen LogP) is 3.43. The number of hydrogen-bond acceptors (Lipinski definition) is 3. The minimum atomic E-state index is 0.0486. The normalized spacial score (nSPS) is 26.6. The van der Waals surface area contributed by atoms with E-state index in [4.69, 9.17) is 15.2 Å². The predicted molar refractivity (Wildman–Crippen MR) is 79.8 cm³/mol. The molecule has 2 fully saturated rings. The molecule has 0 bridgehead atoms. The summed E-state index contributed by atoms with van der Waals surface area (Å²) < 4.78 is 11.6. The maximum atomic E-state index is 6.56. The fraction of sp³-hybridized carbons (Fsp3) is 0.647. The van der Waals surface area contributed by atoms with Crippen LogP contribution in [0.1, 0.15) is 50.1 Å². The van der Waals surface area contributed by atoms with Crippen LogP contribution in [0.15, 0.2) is 24.3 Å². The Morgan fingerprint density at radius 1 is 1.30 bits per heavy atom. The van der Waals surface area contributed by atoms with Crippen molar-refractivity contribution in [1.82, 2.24) is 0 Å². The largest absolute Gasteiger partial charge is 0.496 e. The highest BCUT2D eigenvalue weighted by atomic mass is 16.5.